The van der Waals surface area contributed by atoms with Crippen molar-refractivity contribution in [3.8, 4) is 22.5 Å². The highest BCUT2D eigenvalue weighted by molar-refractivity contribution is 6.00. The Labute approximate surface area is 253 Å². The number of carbonyl (C=O) groups excluding carboxylic acids is 2. The van der Waals surface area contributed by atoms with Gasteiger partial charge in [-0.25, -0.2) is 19.2 Å². The Morgan fingerprint density at radius 1 is 0.818 bits per heavy atom. The number of nitrogens with zero attached hydrogens (tertiary/aromatic N) is 4. The molecule has 3 amide bonds. The molecule has 0 radical (unpaired) electrons. The average molecular weight is 592 g/mol. The van der Waals surface area contributed by atoms with Gasteiger partial charge in [0, 0.05) is 59.8 Å². The zero-order chi connectivity index (χ0) is 30.6. The number of aryl methyl sites for hydroxylation is 1. The average Bonchev–Trinajstić information content (AvgIpc) is 3.02. The number of ether oxygens (including phenoxy) is 1. The minimum absolute atomic E-state index is 0.0371. The fraction of sp³-hybridized carbons (Fsp3) is 0.182. The van der Waals surface area contributed by atoms with Crippen LogP contribution in [-0.4, -0.2) is 53.2 Å². The molecule has 222 valence electrons. The van der Waals surface area contributed by atoms with Gasteiger partial charge >= 0.3 is 6.03 Å². The monoisotopic (exact) mass is 591 g/mol. The number of pyridine rings is 1. The van der Waals surface area contributed by atoms with Gasteiger partial charge in [0.2, 0.25) is 5.91 Å². The SMILES string of the molecule is CC(=O)Nc1ccc(NC(=O)Nc2ccc(-c3nc(N4CCOCC4)c4ccc(-c5ccc(C)nc5)cc4n3)cc2)cc1F. The number of hydrogen-bond donors (Lipinski definition) is 3. The highest BCUT2D eigenvalue weighted by atomic mass is 19.1. The molecule has 10 nitrogen and oxygen atoms in total. The molecule has 6 rings (SSSR count). The molecular formula is C33H30FN7O3. The van der Waals surface area contributed by atoms with Crippen LogP contribution in [0.15, 0.2) is 79.0 Å². The van der Waals surface area contributed by atoms with Gasteiger partial charge in [-0.1, -0.05) is 12.1 Å². The van der Waals surface area contributed by atoms with E-state index in [2.05, 4.69) is 44.0 Å². The molecule has 44 heavy (non-hydrogen) atoms. The minimum Gasteiger partial charge on any atom is -0.378 e. The molecule has 5 aromatic rings. The van der Waals surface area contributed by atoms with E-state index in [0.717, 1.165) is 58.3 Å². The highest BCUT2D eigenvalue weighted by Crippen LogP contribution is 2.32. The number of amides is 3. The maximum absolute atomic E-state index is 14.3. The summed E-state index contributed by atoms with van der Waals surface area (Å²) in [6.45, 7) is 5.96. The summed E-state index contributed by atoms with van der Waals surface area (Å²) in [5.41, 5.74) is 5.38. The number of rotatable bonds is 6. The smallest absolute Gasteiger partial charge is 0.323 e. The second-order valence-electron chi connectivity index (χ2n) is 10.4. The first-order valence-corrected chi connectivity index (χ1v) is 14.2. The number of benzene rings is 3. The lowest BCUT2D eigenvalue weighted by Gasteiger charge is -2.29. The van der Waals surface area contributed by atoms with Gasteiger partial charge in [-0.05, 0) is 73.2 Å². The minimum atomic E-state index is -0.656. The number of morpholine rings is 1. The van der Waals surface area contributed by atoms with Crippen LogP contribution in [0.4, 0.5) is 32.1 Å². The summed E-state index contributed by atoms with van der Waals surface area (Å²) in [7, 11) is 0. The fourth-order valence-corrected chi connectivity index (χ4v) is 4.96. The second kappa shape index (κ2) is 12.4. The summed E-state index contributed by atoms with van der Waals surface area (Å²) < 4.78 is 19.8. The first kappa shape index (κ1) is 28.7. The summed E-state index contributed by atoms with van der Waals surface area (Å²) in [6, 6.07) is 20.9. The number of hydrogen-bond acceptors (Lipinski definition) is 7. The summed E-state index contributed by atoms with van der Waals surface area (Å²) in [6.07, 6.45) is 1.86. The molecule has 11 heteroatoms. The van der Waals surface area contributed by atoms with Crippen LogP contribution in [0.25, 0.3) is 33.4 Å². The fourth-order valence-electron chi connectivity index (χ4n) is 4.96. The Morgan fingerprint density at radius 3 is 2.23 bits per heavy atom. The molecule has 0 aliphatic carbocycles. The standard InChI is InChI=1S/C33H30FN7O3/c1-20-3-4-24(19-35-20)23-7-11-27-30(17-23)39-31(40-32(27)41-13-15-44-16-14-41)22-5-8-25(9-6-22)37-33(43)38-26-10-12-29(28(34)18-26)36-21(2)42/h3-12,17-19H,13-16H2,1-2H3,(H,36,42)(H2,37,38,43). The van der Waals surface area contributed by atoms with Gasteiger partial charge in [-0.2, -0.15) is 0 Å². The highest BCUT2D eigenvalue weighted by Gasteiger charge is 2.19. The van der Waals surface area contributed by atoms with Gasteiger partial charge in [-0.3, -0.25) is 9.78 Å². The molecule has 1 aliphatic rings. The first-order valence-electron chi connectivity index (χ1n) is 14.2. The Hall–Kier alpha value is -5.42. The van der Waals surface area contributed by atoms with Gasteiger partial charge in [0.05, 0.1) is 24.4 Å². The Balaban J connectivity index is 1.25. The lowest BCUT2D eigenvalue weighted by atomic mass is 10.0. The van der Waals surface area contributed by atoms with Crippen molar-refractivity contribution in [1.29, 1.82) is 0 Å². The number of anilines is 4. The molecule has 3 N–H and O–H groups in total. The number of urea groups is 1. The molecule has 1 aliphatic heterocycles. The third-order valence-electron chi connectivity index (χ3n) is 7.17. The van der Waals surface area contributed by atoms with Crippen LogP contribution in [0.1, 0.15) is 12.6 Å². The van der Waals surface area contributed by atoms with Crippen molar-refractivity contribution in [2.45, 2.75) is 13.8 Å². The van der Waals surface area contributed by atoms with E-state index in [0.29, 0.717) is 24.7 Å². The van der Waals surface area contributed by atoms with Crippen molar-refractivity contribution in [2.24, 2.45) is 0 Å². The van der Waals surface area contributed by atoms with Crippen LogP contribution in [0, 0.1) is 12.7 Å². The van der Waals surface area contributed by atoms with Crippen LogP contribution in [0.3, 0.4) is 0 Å². The summed E-state index contributed by atoms with van der Waals surface area (Å²) in [5.74, 6) is 0.364. The van der Waals surface area contributed by atoms with Crippen molar-refractivity contribution < 1.29 is 18.7 Å². The first-order chi connectivity index (χ1) is 21.3. The van der Waals surface area contributed by atoms with Crippen LogP contribution in [-0.2, 0) is 9.53 Å². The van der Waals surface area contributed by atoms with E-state index in [1.54, 1.807) is 12.1 Å². The molecule has 1 saturated heterocycles. The summed E-state index contributed by atoms with van der Waals surface area (Å²) in [4.78, 5) is 40.3. The molecule has 0 atom stereocenters. The normalized spacial score (nSPS) is 13.0. The number of carbonyl (C=O) groups is 2. The van der Waals surface area contributed by atoms with Crippen LogP contribution in [0.2, 0.25) is 0 Å². The molecule has 0 unspecified atom stereocenters. The van der Waals surface area contributed by atoms with Crippen molar-refractivity contribution >= 4 is 45.7 Å². The predicted molar refractivity (Wildman–Crippen MR) is 169 cm³/mol. The van der Waals surface area contributed by atoms with Crippen LogP contribution in [0.5, 0.6) is 0 Å². The largest absolute Gasteiger partial charge is 0.378 e. The summed E-state index contributed by atoms with van der Waals surface area (Å²) in [5, 5.41) is 8.69. The van der Waals surface area contributed by atoms with Gasteiger partial charge in [0.15, 0.2) is 5.82 Å². The van der Waals surface area contributed by atoms with E-state index in [1.165, 1.54) is 19.1 Å². The number of aromatic nitrogens is 3. The molecular weight excluding hydrogens is 561 g/mol. The molecule has 0 spiro atoms. The Bertz CT molecular complexity index is 1840. The predicted octanol–water partition coefficient (Wildman–Crippen LogP) is 6.25. The third kappa shape index (κ3) is 6.47. The third-order valence-corrected chi connectivity index (χ3v) is 7.17. The maximum Gasteiger partial charge on any atom is 0.323 e. The second-order valence-corrected chi connectivity index (χ2v) is 10.4. The van der Waals surface area contributed by atoms with Gasteiger partial charge in [0.25, 0.3) is 0 Å². The van der Waals surface area contributed by atoms with E-state index in [4.69, 9.17) is 14.7 Å². The molecule has 3 aromatic carbocycles. The lowest BCUT2D eigenvalue weighted by molar-refractivity contribution is -0.114. The van der Waals surface area contributed by atoms with Gasteiger partial charge < -0.3 is 25.6 Å². The zero-order valence-electron chi connectivity index (χ0n) is 24.2. The van der Waals surface area contributed by atoms with Crippen molar-refractivity contribution in [3.05, 3.63) is 90.5 Å². The number of nitrogens with one attached hydrogen (secondary N) is 3. The van der Waals surface area contributed by atoms with Gasteiger partial charge in [-0.15, -0.1) is 0 Å². The van der Waals surface area contributed by atoms with E-state index in [9.17, 15) is 14.0 Å². The van der Waals surface area contributed by atoms with E-state index in [-0.39, 0.29) is 17.3 Å². The molecule has 3 heterocycles. The van der Waals surface area contributed by atoms with Crippen molar-refractivity contribution in [3.63, 3.8) is 0 Å². The molecule has 1 fully saturated rings. The van der Waals surface area contributed by atoms with Crippen LogP contribution < -0.4 is 20.9 Å². The summed E-state index contributed by atoms with van der Waals surface area (Å²) >= 11 is 0. The zero-order valence-corrected chi connectivity index (χ0v) is 24.2. The Morgan fingerprint density at radius 2 is 1.52 bits per heavy atom. The van der Waals surface area contributed by atoms with Gasteiger partial charge in [0.1, 0.15) is 11.6 Å². The molecule has 2 aromatic heterocycles. The van der Waals surface area contributed by atoms with E-state index >= 15 is 0 Å². The molecule has 0 bridgehead atoms. The van der Waals surface area contributed by atoms with E-state index in [1.807, 2.05) is 37.4 Å². The Kier molecular flexibility index (Phi) is 8.11. The topological polar surface area (TPSA) is 121 Å². The maximum atomic E-state index is 14.3. The van der Waals surface area contributed by atoms with Crippen molar-refractivity contribution in [1.82, 2.24) is 15.0 Å². The number of fused-ring (bicyclic) bond motifs is 1. The quantitative estimate of drug-likeness (QED) is 0.214. The number of halogens is 1. The molecule has 0 saturated carbocycles. The van der Waals surface area contributed by atoms with Crippen molar-refractivity contribution in [2.75, 3.05) is 47.2 Å². The lowest BCUT2D eigenvalue weighted by Crippen LogP contribution is -2.37. The van der Waals surface area contributed by atoms with Crippen LogP contribution >= 0.6 is 0 Å². The van der Waals surface area contributed by atoms with E-state index < -0.39 is 11.8 Å².